The summed E-state index contributed by atoms with van der Waals surface area (Å²) in [5.74, 6) is 0.517. The van der Waals surface area contributed by atoms with E-state index in [2.05, 4.69) is 5.32 Å². The second-order valence-corrected chi connectivity index (χ2v) is 6.69. The van der Waals surface area contributed by atoms with Gasteiger partial charge in [0.1, 0.15) is 11.9 Å². The van der Waals surface area contributed by atoms with E-state index in [9.17, 15) is 9.59 Å². The van der Waals surface area contributed by atoms with E-state index in [0.717, 1.165) is 5.56 Å². The monoisotopic (exact) mass is 351 g/mol. The van der Waals surface area contributed by atoms with E-state index in [1.165, 1.54) is 0 Å². The number of benzene rings is 2. The van der Waals surface area contributed by atoms with Gasteiger partial charge in [0.05, 0.1) is 18.2 Å². The van der Waals surface area contributed by atoms with Crippen LogP contribution in [0.5, 0.6) is 5.75 Å². The number of amides is 3. The van der Waals surface area contributed by atoms with Gasteiger partial charge in [-0.15, -0.1) is 0 Å². The van der Waals surface area contributed by atoms with E-state index in [1.54, 1.807) is 22.9 Å². The van der Waals surface area contributed by atoms with Crippen molar-refractivity contribution in [3.05, 3.63) is 65.7 Å². The Morgan fingerprint density at radius 1 is 1.12 bits per heavy atom. The first-order valence-corrected chi connectivity index (χ1v) is 8.73. The third-order valence-corrected chi connectivity index (χ3v) is 5.02. The molecule has 0 saturated carbocycles. The number of urea groups is 1. The van der Waals surface area contributed by atoms with Gasteiger partial charge in [0.25, 0.3) is 5.91 Å². The van der Waals surface area contributed by atoms with Crippen molar-refractivity contribution in [3.63, 3.8) is 0 Å². The number of carbonyl (C=O) groups excluding carboxylic acids is 2. The number of carbonyl (C=O) groups is 2. The van der Waals surface area contributed by atoms with Crippen LogP contribution in [-0.2, 0) is 6.54 Å². The summed E-state index contributed by atoms with van der Waals surface area (Å²) in [5.41, 5.74) is 1.62. The lowest BCUT2D eigenvalue weighted by Gasteiger charge is -2.25. The fourth-order valence-electron chi connectivity index (χ4n) is 3.55. The molecule has 0 bridgehead atoms. The van der Waals surface area contributed by atoms with Gasteiger partial charge in [0.2, 0.25) is 0 Å². The zero-order chi connectivity index (χ0) is 18.1. The van der Waals surface area contributed by atoms with Crippen molar-refractivity contribution in [1.82, 2.24) is 15.1 Å². The molecule has 0 unspecified atom stereocenters. The standard InChI is InChI=1S/C20H21N3O3/c1-22-16-12-23(20(25)21-11-14-7-3-2-4-8-14)13-18(16)26-17-10-6-5-9-15(17)19(22)24/h2-10,16,18H,11-13H2,1H3,(H,21,25)/t16-,18+/m1/s1. The maximum absolute atomic E-state index is 12.7. The first-order chi connectivity index (χ1) is 12.6. The van der Waals surface area contributed by atoms with Gasteiger partial charge in [-0.1, -0.05) is 42.5 Å². The normalized spacial score (nSPS) is 21.5. The van der Waals surface area contributed by atoms with E-state index in [0.29, 0.717) is 30.9 Å². The van der Waals surface area contributed by atoms with Gasteiger partial charge >= 0.3 is 6.03 Å². The summed E-state index contributed by atoms with van der Waals surface area (Å²) < 4.78 is 6.08. The van der Waals surface area contributed by atoms with Crippen LogP contribution in [0.25, 0.3) is 0 Å². The van der Waals surface area contributed by atoms with Crippen LogP contribution in [-0.4, -0.2) is 54.0 Å². The number of hydrogen-bond acceptors (Lipinski definition) is 3. The zero-order valence-corrected chi connectivity index (χ0v) is 14.6. The van der Waals surface area contributed by atoms with Crippen LogP contribution in [0.15, 0.2) is 54.6 Å². The van der Waals surface area contributed by atoms with Gasteiger partial charge in [-0.2, -0.15) is 0 Å². The van der Waals surface area contributed by atoms with Crippen molar-refractivity contribution < 1.29 is 14.3 Å². The van der Waals surface area contributed by atoms with Crippen molar-refractivity contribution >= 4 is 11.9 Å². The highest BCUT2D eigenvalue weighted by molar-refractivity contribution is 5.97. The molecule has 2 aromatic carbocycles. The second kappa shape index (κ2) is 6.71. The number of hydrogen-bond donors (Lipinski definition) is 1. The Hall–Kier alpha value is -3.02. The van der Waals surface area contributed by atoms with Gasteiger partial charge in [-0.3, -0.25) is 4.79 Å². The predicted molar refractivity (Wildman–Crippen MR) is 97.0 cm³/mol. The minimum Gasteiger partial charge on any atom is -0.486 e. The summed E-state index contributed by atoms with van der Waals surface area (Å²) in [7, 11) is 1.77. The molecule has 134 valence electrons. The minimum atomic E-state index is -0.227. The molecule has 0 aliphatic carbocycles. The molecule has 1 fully saturated rings. The van der Waals surface area contributed by atoms with E-state index in [1.807, 2.05) is 48.5 Å². The third-order valence-electron chi connectivity index (χ3n) is 5.02. The topological polar surface area (TPSA) is 61.9 Å². The van der Waals surface area contributed by atoms with E-state index < -0.39 is 0 Å². The molecular weight excluding hydrogens is 330 g/mol. The Morgan fingerprint density at radius 2 is 1.85 bits per heavy atom. The molecule has 2 atom stereocenters. The summed E-state index contributed by atoms with van der Waals surface area (Å²) in [6, 6.07) is 16.8. The first-order valence-electron chi connectivity index (χ1n) is 8.73. The summed E-state index contributed by atoms with van der Waals surface area (Å²) in [4.78, 5) is 28.6. The van der Waals surface area contributed by atoms with E-state index >= 15 is 0 Å². The molecule has 2 aliphatic rings. The highest BCUT2D eigenvalue weighted by Crippen LogP contribution is 2.30. The molecule has 2 aromatic rings. The van der Waals surface area contributed by atoms with Crippen LogP contribution in [0.2, 0.25) is 0 Å². The number of ether oxygens (including phenoxy) is 1. The number of nitrogens with one attached hydrogen (secondary N) is 1. The first kappa shape index (κ1) is 16.4. The van der Waals surface area contributed by atoms with E-state index in [-0.39, 0.29) is 24.1 Å². The van der Waals surface area contributed by atoms with Crippen molar-refractivity contribution in [2.75, 3.05) is 20.1 Å². The smallest absolute Gasteiger partial charge is 0.317 e. The van der Waals surface area contributed by atoms with Gasteiger partial charge in [0, 0.05) is 20.1 Å². The zero-order valence-electron chi connectivity index (χ0n) is 14.6. The lowest BCUT2D eigenvalue weighted by atomic mass is 10.1. The number of para-hydroxylation sites is 1. The largest absolute Gasteiger partial charge is 0.486 e. The van der Waals surface area contributed by atoms with Crippen LogP contribution in [0.4, 0.5) is 4.79 Å². The maximum atomic E-state index is 12.7. The molecule has 6 heteroatoms. The number of likely N-dealkylation sites (N-methyl/N-ethyl adjacent to an activating group) is 1. The van der Waals surface area contributed by atoms with E-state index in [4.69, 9.17) is 4.74 Å². The summed E-state index contributed by atoms with van der Waals surface area (Å²) in [5, 5.41) is 2.94. The van der Waals surface area contributed by atoms with Gasteiger partial charge in [-0.25, -0.2) is 4.79 Å². The number of rotatable bonds is 2. The second-order valence-electron chi connectivity index (χ2n) is 6.69. The third kappa shape index (κ3) is 2.98. The molecule has 0 aromatic heterocycles. The van der Waals surface area contributed by atoms with Crippen molar-refractivity contribution in [2.45, 2.75) is 18.7 Å². The summed E-state index contributed by atoms with van der Waals surface area (Å²) in [6.07, 6.45) is -0.227. The average Bonchev–Trinajstić information content (AvgIpc) is 3.06. The van der Waals surface area contributed by atoms with Crippen LogP contribution in [0, 0.1) is 0 Å². The fourth-order valence-corrected chi connectivity index (χ4v) is 3.55. The van der Waals surface area contributed by atoms with Crippen molar-refractivity contribution in [2.24, 2.45) is 0 Å². The van der Waals surface area contributed by atoms with Crippen molar-refractivity contribution in [1.29, 1.82) is 0 Å². The minimum absolute atomic E-state index is 0.0698. The Bertz CT molecular complexity index is 824. The molecule has 0 spiro atoms. The molecule has 2 heterocycles. The molecule has 1 saturated heterocycles. The van der Waals surface area contributed by atoms with Gasteiger partial charge in [-0.05, 0) is 17.7 Å². The molecule has 0 radical (unpaired) electrons. The average molecular weight is 351 g/mol. The molecule has 2 aliphatic heterocycles. The van der Waals surface area contributed by atoms with Gasteiger partial charge < -0.3 is 19.9 Å². The molecule has 4 rings (SSSR count). The van der Waals surface area contributed by atoms with Crippen LogP contribution >= 0.6 is 0 Å². The molecule has 6 nitrogen and oxygen atoms in total. The molecule has 26 heavy (non-hydrogen) atoms. The van der Waals surface area contributed by atoms with Crippen LogP contribution in [0.3, 0.4) is 0 Å². The van der Waals surface area contributed by atoms with Crippen LogP contribution < -0.4 is 10.1 Å². The summed E-state index contributed by atoms with van der Waals surface area (Å²) >= 11 is 0. The Kier molecular flexibility index (Phi) is 4.24. The summed E-state index contributed by atoms with van der Waals surface area (Å²) in [6.45, 7) is 1.39. The molecule has 1 N–H and O–H groups in total. The maximum Gasteiger partial charge on any atom is 0.317 e. The quantitative estimate of drug-likeness (QED) is 0.901. The SMILES string of the molecule is CN1C(=O)c2ccccc2O[C@H]2CN(C(=O)NCc3ccccc3)C[C@H]21. The fraction of sp³-hybridized carbons (Fsp3) is 0.300. The lowest BCUT2D eigenvalue weighted by Crippen LogP contribution is -2.44. The van der Waals surface area contributed by atoms with Crippen LogP contribution in [0.1, 0.15) is 15.9 Å². The Labute approximate surface area is 152 Å². The lowest BCUT2D eigenvalue weighted by molar-refractivity contribution is 0.0682. The highest BCUT2D eigenvalue weighted by Gasteiger charge is 2.43. The Balaban J connectivity index is 1.46. The molecule has 3 amide bonds. The van der Waals surface area contributed by atoms with Crippen molar-refractivity contribution in [3.8, 4) is 5.75 Å². The number of likely N-dealkylation sites (tertiary alicyclic amines) is 1. The number of fused-ring (bicyclic) bond motifs is 2. The molecular formula is C20H21N3O3. The van der Waals surface area contributed by atoms with Gasteiger partial charge in [0.15, 0.2) is 0 Å². The number of nitrogens with zero attached hydrogens (tertiary/aromatic N) is 2. The predicted octanol–water partition coefficient (Wildman–Crippen LogP) is 2.11. The highest BCUT2D eigenvalue weighted by atomic mass is 16.5. The Morgan fingerprint density at radius 3 is 2.65 bits per heavy atom.